The van der Waals surface area contributed by atoms with E-state index in [1.165, 1.54) is 5.56 Å². The molecule has 0 radical (unpaired) electrons. The largest absolute Gasteiger partial charge is 0.381 e. The second-order valence-corrected chi connectivity index (χ2v) is 5.07. The lowest BCUT2D eigenvalue weighted by Crippen LogP contribution is -2.01. The number of hydrogen-bond donors (Lipinski definition) is 1. The van der Waals surface area contributed by atoms with Crippen LogP contribution in [-0.4, -0.2) is 0 Å². The van der Waals surface area contributed by atoms with Crippen LogP contribution in [0.4, 0.5) is 5.69 Å². The first-order valence-electron chi connectivity index (χ1n) is 5.78. The summed E-state index contributed by atoms with van der Waals surface area (Å²) in [5.74, 6) is 0. The second kappa shape index (κ2) is 5.97. The van der Waals surface area contributed by atoms with E-state index in [4.69, 9.17) is 28.5 Å². The van der Waals surface area contributed by atoms with E-state index < -0.39 is 0 Å². The Balaban J connectivity index is 2.10. The van der Waals surface area contributed by atoms with Crippen LogP contribution in [0.15, 0.2) is 36.4 Å². The molecule has 0 saturated carbocycles. The van der Waals surface area contributed by atoms with E-state index >= 15 is 0 Å². The van der Waals surface area contributed by atoms with Gasteiger partial charge in [0.1, 0.15) is 6.07 Å². The zero-order valence-electron chi connectivity index (χ0n) is 10.4. The van der Waals surface area contributed by atoms with Gasteiger partial charge in [0.2, 0.25) is 0 Å². The van der Waals surface area contributed by atoms with Crippen molar-refractivity contribution < 1.29 is 0 Å². The maximum atomic E-state index is 8.81. The second-order valence-electron chi connectivity index (χ2n) is 4.23. The van der Waals surface area contributed by atoms with Crippen molar-refractivity contribution in [1.29, 1.82) is 5.26 Å². The first-order chi connectivity index (χ1) is 9.10. The molecule has 0 bridgehead atoms. The highest BCUT2D eigenvalue weighted by Crippen LogP contribution is 2.21. The van der Waals surface area contributed by atoms with Gasteiger partial charge in [-0.3, -0.25) is 0 Å². The Morgan fingerprint density at radius 1 is 1.16 bits per heavy atom. The summed E-state index contributed by atoms with van der Waals surface area (Å²) in [6, 6.07) is 13.1. The van der Waals surface area contributed by atoms with Crippen LogP contribution in [0.25, 0.3) is 0 Å². The molecule has 0 amide bonds. The minimum Gasteiger partial charge on any atom is -0.381 e. The molecule has 2 rings (SSSR count). The summed E-state index contributed by atoms with van der Waals surface area (Å²) in [5, 5.41) is 13.3. The number of rotatable bonds is 3. The molecule has 0 heterocycles. The van der Waals surface area contributed by atoms with Gasteiger partial charge in [0.05, 0.1) is 10.6 Å². The average molecular weight is 291 g/mol. The molecule has 1 N–H and O–H groups in total. The molecular weight excluding hydrogens is 279 g/mol. The lowest BCUT2D eigenvalue weighted by atomic mass is 10.1. The first kappa shape index (κ1) is 13.7. The molecule has 0 spiro atoms. The molecule has 0 aliphatic heterocycles. The first-order valence-corrected chi connectivity index (χ1v) is 6.54. The van der Waals surface area contributed by atoms with Crippen molar-refractivity contribution in [2.75, 3.05) is 5.32 Å². The number of hydrogen-bond acceptors (Lipinski definition) is 2. The van der Waals surface area contributed by atoms with E-state index in [2.05, 4.69) is 5.32 Å². The van der Waals surface area contributed by atoms with Crippen molar-refractivity contribution in [2.45, 2.75) is 13.5 Å². The lowest BCUT2D eigenvalue weighted by Gasteiger charge is -2.10. The molecule has 0 aliphatic rings. The van der Waals surface area contributed by atoms with Crippen LogP contribution < -0.4 is 5.32 Å². The Bertz CT molecular complexity index is 645. The third-order valence-corrected chi connectivity index (χ3v) is 3.42. The number of benzene rings is 2. The van der Waals surface area contributed by atoms with Gasteiger partial charge in [0, 0.05) is 17.3 Å². The number of nitrogens with zero attached hydrogens (tertiary/aromatic N) is 1. The molecule has 0 aromatic heterocycles. The standard InChI is InChI=1S/C15H12Cl2N2/c1-10-6-13(16)4-2-12(10)9-19-14-5-3-11(8-18)15(17)7-14/h2-7,19H,9H2,1H3. The minimum absolute atomic E-state index is 0.459. The van der Waals surface area contributed by atoms with E-state index in [1.54, 1.807) is 12.1 Å². The van der Waals surface area contributed by atoms with Crippen LogP contribution in [-0.2, 0) is 6.54 Å². The quantitative estimate of drug-likeness (QED) is 0.882. The Morgan fingerprint density at radius 2 is 1.95 bits per heavy atom. The van der Waals surface area contributed by atoms with Crippen molar-refractivity contribution in [3.63, 3.8) is 0 Å². The fourth-order valence-electron chi connectivity index (χ4n) is 1.77. The fourth-order valence-corrected chi connectivity index (χ4v) is 2.22. The lowest BCUT2D eigenvalue weighted by molar-refractivity contribution is 1.12. The van der Waals surface area contributed by atoms with E-state index in [0.717, 1.165) is 16.3 Å². The Labute approximate surface area is 122 Å². The normalized spacial score (nSPS) is 10.0. The molecule has 0 unspecified atom stereocenters. The Kier molecular flexibility index (Phi) is 4.31. The number of nitriles is 1. The highest BCUT2D eigenvalue weighted by molar-refractivity contribution is 6.32. The summed E-state index contributed by atoms with van der Waals surface area (Å²) >= 11 is 11.9. The highest BCUT2D eigenvalue weighted by atomic mass is 35.5. The summed E-state index contributed by atoms with van der Waals surface area (Å²) in [6.07, 6.45) is 0. The molecule has 96 valence electrons. The van der Waals surface area contributed by atoms with Gasteiger partial charge in [-0.15, -0.1) is 0 Å². The third-order valence-electron chi connectivity index (χ3n) is 2.88. The molecule has 0 fully saturated rings. The highest BCUT2D eigenvalue weighted by Gasteiger charge is 2.02. The van der Waals surface area contributed by atoms with Gasteiger partial charge in [0.15, 0.2) is 0 Å². The van der Waals surface area contributed by atoms with Gasteiger partial charge in [-0.05, 0) is 48.4 Å². The predicted octanol–water partition coefficient (Wildman–Crippen LogP) is 4.79. The van der Waals surface area contributed by atoms with Crippen LogP contribution in [0.2, 0.25) is 10.0 Å². The number of anilines is 1. The van der Waals surface area contributed by atoms with E-state index in [0.29, 0.717) is 17.1 Å². The summed E-state index contributed by atoms with van der Waals surface area (Å²) < 4.78 is 0. The number of halogens is 2. The summed E-state index contributed by atoms with van der Waals surface area (Å²) in [4.78, 5) is 0. The van der Waals surface area contributed by atoms with Crippen molar-refractivity contribution >= 4 is 28.9 Å². The number of nitrogens with one attached hydrogen (secondary N) is 1. The Hall–Kier alpha value is -1.69. The summed E-state index contributed by atoms with van der Waals surface area (Å²) in [7, 11) is 0. The van der Waals surface area contributed by atoms with Crippen molar-refractivity contribution in [3.8, 4) is 6.07 Å². The monoisotopic (exact) mass is 290 g/mol. The average Bonchev–Trinajstić information content (AvgIpc) is 2.38. The van der Waals surface area contributed by atoms with Gasteiger partial charge < -0.3 is 5.32 Å². The van der Waals surface area contributed by atoms with Crippen LogP contribution in [0.5, 0.6) is 0 Å². The zero-order chi connectivity index (χ0) is 13.8. The molecule has 4 heteroatoms. The maximum absolute atomic E-state index is 8.81. The SMILES string of the molecule is Cc1cc(Cl)ccc1CNc1ccc(C#N)c(Cl)c1. The van der Waals surface area contributed by atoms with Crippen LogP contribution in [0, 0.1) is 18.3 Å². The van der Waals surface area contributed by atoms with Crippen LogP contribution >= 0.6 is 23.2 Å². The van der Waals surface area contributed by atoms with Gasteiger partial charge in [-0.2, -0.15) is 5.26 Å². The Morgan fingerprint density at radius 3 is 2.58 bits per heavy atom. The van der Waals surface area contributed by atoms with Crippen LogP contribution in [0.1, 0.15) is 16.7 Å². The fraction of sp³-hybridized carbons (Fsp3) is 0.133. The molecule has 2 aromatic rings. The topological polar surface area (TPSA) is 35.8 Å². The van der Waals surface area contributed by atoms with Crippen molar-refractivity contribution in [3.05, 3.63) is 63.1 Å². The van der Waals surface area contributed by atoms with Crippen molar-refractivity contribution in [2.24, 2.45) is 0 Å². The molecule has 2 nitrogen and oxygen atoms in total. The van der Waals surface area contributed by atoms with Gasteiger partial charge >= 0.3 is 0 Å². The molecule has 0 atom stereocenters. The van der Waals surface area contributed by atoms with Gasteiger partial charge in [-0.25, -0.2) is 0 Å². The zero-order valence-corrected chi connectivity index (χ0v) is 11.9. The van der Waals surface area contributed by atoms with E-state index in [1.807, 2.05) is 37.3 Å². The number of aryl methyl sites for hydroxylation is 1. The van der Waals surface area contributed by atoms with Gasteiger partial charge in [-0.1, -0.05) is 29.3 Å². The van der Waals surface area contributed by atoms with E-state index in [9.17, 15) is 0 Å². The molecule has 0 saturated heterocycles. The molecular formula is C15H12Cl2N2. The van der Waals surface area contributed by atoms with Crippen LogP contribution in [0.3, 0.4) is 0 Å². The summed E-state index contributed by atoms with van der Waals surface area (Å²) in [5.41, 5.74) is 3.68. The minimum atomic E-state index is 0.459. The molecule has 19 heavy (non-hydrogen) atoms. The summed E-state index contributed by atoms with van der Waals surface area (Å²) in [6.45, 7) is 2.71. The smallest absolute Gasteiger partial charge is 0.101 e. The predicted molar refractivity (Wildman–Crippen MR) is 79.7 cm³/mol. The van der Waals surface area contributed by atoms with E-state index in [-0.39, 0.29) is 0 Å². The van der Waals surface area contributed by atoms with Gasteiger partial charge in [0.25, 0.3) is 0 Å². The molecule has 2 aromatic carbocycles. The van der Waals surface area contributed by atoms with Crippen molar-refractivity contribution in [1.82, 2.24) is 0 Å². The maximum Gasteiger partial charge on any atom is 0.101 e. The molecule has 0 aliphatic carbocycles. The third kappa shape index (κ3) is 3.41.